The van der Waals surface area contributed by atoms with Gasteiger partial charge in [-0.2, -0.15) is 5.10 Å². The van der Waals surface area contributed by atoms with E-state index >= 15 is 0 Å². The van der Waals surface area contributed by atoms with Crippen LogP contribution < -0.4 is 15.6 Å². The van der Waals surface area contributed by atoms with E-state index in [-0.39, 0.29) is 18.0 Å². The summed E-state index contributed by atoms with van der Waals surface area (Å²) in [6.45, 7) is 4.92. The summed E-state index contributed by atoms with van der Waals surface area (Å²) in [4.78, 5) is 24.5. The van der Waals surface area contributed by atoms with Gasteiger partial charge in [0.25, 0.3) is 11.5 Å². The molecule has 1 aromatic carbocycles. The number of benzene rings is 1. The van der Waals surface area contributed by atoms with Crippen LogP contribution in [0, 0.1) is 5.92 Å². The molecule has 26 heavy (non-hydrogen) atoms. The summed E-state index contributed by atoms with van der Waals surface area (Å²) in [5, 5.41) is 9.45. The Balaban J connectivity index is 1.64. The molecule has 3 rings (SSSR count). The number of ether oxygens (including phenoxy) is 1. The predicted octanol–water partition coefficient (Wildman–Crippen LogP) is 2.61. The SMILES string of the molecule is CCc1n[nH]c(=O)c(CNC(=O)c2ccc(OCC3CC3)cc2)c1CC. The average molecular weight is 355 g/mol. The zero-order chi connectivity index (χ0) is 18.5. The third kappa shape index (κ3) is 4.31. The molecule has 2 N–H and O–H groups in total. The van der Waals surface area contributed by atoms with E-state index in [0.29, 0.717) is 23.5 Å². The lowest BCUT2D eigenvalue weighted by Gasteiger charge is -2.12. The fourth-order valence-corrected chi connectivity index (χ4v) is 2.93. The van der Waals surface area contributed by atoms with Crippen LogP contribution in [0.3, 0.4) is 0 Å². The molecule has 6 nitrogen and oxygen atoms in total. The molecule has 1 amide bonds. The first kappa shape index (κ1) is 18.2. The second-order valence-corrected chi connectivity index (χ2v) is 6.63. The molecule has 0 bridgehead atoms. The Hall–Kier alpha value is -2.63. The lowest BCUT2D eigenvalue weighted by molar-refractivity contribution is 0.0950. The molecule has 1 saturated carbocycles. The summed E-state index contributed by atoms with van der Waals surface area (Å²) in [5.41, 5.74) is 2.66. The molecule has 6 heteroatoms. The zero-order valence-electron chi connectivity index (χ0n) is 15.3. The fourth-order valence-electron chi connectivity index (χ4n) is 2.93. The van der Waals surface area contributed by atoms with Crippen molar-refractivity contribution in [1.29, 1.82) is 0 Å². The van der Waals surface area contributed by atoms with E-state index in [1.54, 1.807) is 12.1 Å². The largest absolute Gasteiger partial charge is 0.493 e. The summed E-state index contributed by atoms with van der Waals surface area (Å²) >= 11 is 0. The Kier molecular flexibility index (Phi) is 5.71. The van der Waals surface area contributed by atoms with E-state index in [2.05, 4.69) is 15.5 Å². The number of nitrogens with zero attached hydrogens (tertiary/aromatic N) is 1. The van der Waals surface area contributed by atoms with Gasteiger partial charge >= 0.3 is 0 Å². The summed E-state index contributed by atoms with van der Waals surface area (Å²) in [6, 6.07) is 7.10. The first-order valence-corrected chi connectivity index (χ1v) is 9.22. The number of aryl methyl sites for hydroxylation is 1. The average Bonchev–Trinajstić information content (AvgIpc) is 3.49. The molecule has 138 valence electrons. The normalized spacial score (nSPS) is 13.5. The molecule has 2 aromatic rings. The monoisotopic (exact) mass is 355 g/mol. The number of hydrogen-bond acceptors (Lipinski definition) is 4. The molecule has 1 aliphatic rings. The van der Waals surface area contributed by atoms with Gasteiger partial charge in [-0.05, 0) is 61.4 Å². The smallest absolute Gasteiger partial charge is 0.269 e. The molecular weight excluding hydrogens is 330 g/mol. The van der Waals surface area contributed by atoms with Crippen molar-refractivity contribution < 1.29 is 9.53 Å². The van der Waals surface area contributed by atoms with E-state index in [1.165, 1.54) is 12.8 Å². The number of hydrogen-bond donors (Lipinski definition) is 2. The van der Waals surface area contributed by atoms with E-state index in [1.807, 2.05) is 26.0 Å². The number of carbonyl (C=O) groups excluding carboxylic acids is 1. The van der Waals surface area contributed by atoms with Gasteiger partial charge in [-0.3, -0.25) is 9.59 Å². The van der Waals surface area contributed by atoms with Crippen molar-refractivity contribution >= 4 is 5.91 Å². The quantitative estimate of drug-likeness (QED) is 0.762. The molecule has 1 heterocycles. The number of rotatable bonds is 8. The second kappa shape index (κ2) is 8.17. The molecule has 1 aliphatic carbocycles. The Morgan fingerprint density at radius 2 is 1.92 bits per heavy atom. The zero-order valence-corrected chi connectivity index (χ0v) is 15.3. The fraction of sp³-hybridized carbons (Fsp3) is 0.450. The molecule has 0 unspecified atom stereocenters. The van der Waals surface area contributed by atoms with E-state index in [0.717, 1.165) is 30.0 Å². The molecule has 0 saturated heterocycles. The molecule has 1 aromatic heterocycles. The summed E-state index contributed by atoms with van der Waals surface area (Å²) in [5.74, 6) is 1.26. The lowest BCUT2D eigenvalue weighted by atomic mass is 10.0. The maximum Gasteiger partial charge on any atom is 0.269 e. The minimum absolute atomic E-state index is 0.187. The predicted molar refractivity (Wildman–Crippen MR) is 99.4 cm³/mol. The maximum absolute atomic E-state index is 12.4. The third-order valence-electron chi connectivity index (χ3n) is 4.69. The second-order valence-electron chi connectivity index (χ2n) is 6.63. The first-order chi connectivity index (χ1) is 12.6. The van der Waals surface area contributed by atoms with Gasteiger partial charge in [-0.1, -0.05) is 13.8 Å². The van der Waals surface area contributed by atoms with Crippen LogP contribution in [0.1, 0.15) is 53.9 Å². The third-order valence-corrected chi connectivity index (χ3v) is 4.69. The van der Waals surface area contributed by atoms with Gasteiger partial charge in [-0.25, -0.2) is 5.10 Å². The van der Waals surface area contributed by atoms with Crippen LogP contribution in [0.25, 0.3) is 0 Å². The van der Waals surface area contributed by atoms with Crippen LogP contribution in [0.2, 0.25) is 0 Å². The van der Waals surface area contributed by atoms with Crippen molar-refractivity contribution in [2.45, 2.75) is 46.1 Å². The maximum atomic E-state index is 12.4. The standard InChI is InChI=1S/C20H25N3O3/c1-3-16-17(20(25)23-22-18(16)4-2)11-21-19(24)14-7-9-15(10-8-14)26-12-13-5-6-13/h7-10,13H,3-6,11-12H2,1-2H3,(H,21,24)(H,23,25). The number of nitrogens with one attached hydrogen (secondary N) is 2. The van der Waals surface area contributed by atoms with Gasteiger partial charge in [0.1, 0.15) is 5.75 Å². The Morgan fingerprint density at radius 3 is 2.54 bits per heavy atom. The van der Waals surface area contributed by atoms with Crippen molar-refractivity contribution in [3.63, 3.8) is 0 Å². The molecule has 1 fully saturated rings. The Morgan fingerprint density at radius 1 is 1.19 bits per heavy atom. The number of H-pyrrole nitrogens is 1. The van der Waals surface area contributed by atoms with Crippen LogP contribution in [-0.4, -0.2) is 22.7 Å². The lowest BCUT2D eigenvalue weighted by Crippen LogP contribution is -2.29. The number of aromatic nitrogens is 2. The molecule has 0 aliphatic heterocycles. The van der Waals surface area contributed by atoms with Crippen molar-refractivity contribution in [2.75, 3.05) is 6.61 Å². The van der Waals surface area contributed by atoms with Crippen molar-refractivity contribution in [1.82, 2.24) is 15.5 Å². The van der Waals surface area contributed by atoms with Gasteiger partial charge in [-0.15, -0.1) is 0 Å². The van der Waals surface area contributed by atoms with Crippen molar-refractivity contribution in [3.8, 4) is 5.75 Å². The van der Waals surface area contributed by atoms with Crippen LogP contribution >= 0.6 is 0 Å². The highest BCUT2D eigenvalue weighted by Crippen LogP contribution is 2.29. The van der Waals surface area contributed by atoms with Gasteiger partial charge in [0.2, 0.25) is 0 Å². The minimum atomic E-state index is -0.247. The summed E-state index contributed by atoms with van der Waals surface area (Å²) < 4.78 is 5.68. The summed E-state index contributed by atoms with van der Waals surface area (Å²) in [6.07, 6.45) is 3.93. The number of amides is 1. The highest BCUT2D eigenvalue weighted by Gasteiger charge is 2.21. The topological polar surface area (TPSA) is 84.1 Å². The van der Waals surface area contributed by atoms with E-state index in [4.69, 9.17) is 4.74 Å². The number of carbonyl (C=O) groups is 1. The minimum Gasteiger partial charge on any atom is -0.493 e. The van der Waals surface area contributed by atoms with Crippen LogP contribution in [0.15, 0.2) is 29.1 Å². The molecular formula is C20H25N3O3. The molecule has 0 atom stereocenters. The van der Waals surface area contributed by atoms with Gasteiger partial charge in [0.15, 0.2) is 0 Å². The van der Waals surface area contributed by atoms with E-state index < -0.39 is 0 Å². The van der Waals surface area contributed by atoms with Crippen LogP contribution in [0.4, 0.5) is 0 Å². The van der Waals surface area contributed by atoms with Crippen molar-refractivity contribution in [2.24, 2.45) is 5.92 Å². The van der Waals surface area contributed by atoms with Crippen molar-refractivity contribution in [3.05, 3.63) is 57.0 Å². The molecule has 0 radical (unpaired) electrons. The Bertz CT molecular complexity index is 823. The Labute approximate surface area is 153 Å². The first-order valence-electron chi connectivity index (χ1n) is 9.22. The van der Waals surface area contributed by atoms with Gasteiger partial charge in [0, 0.05) is 17.7 Å². The highest BCUT2D eigenvalue weighted by molar-refractivity contribution is 5.94. The summed E-state index contributed by atoms with van der Waals surface area (Å²) in [7, 11) is 0. The van der Waals surface area contributed by atoms with Gasteiger partial charge in [0.05, 0.1) is 12.3 Å². The van der Waals surface area contributed by atoms with Gasteiger partial charge < -0.3 is 10.1 Å². The number of aromatic amines is 1. The van der Waals surface area contributed by atoms with Crippen LogP contribution in [-0.2, 0) is 19.4 Å². The van der Waals surface area contributed by atoms with Crippen LogP contribution in [0.5, 0.6) is 5.75 Å². The highest BCUT2D eigenvalue weighted by atomic mass is 16.5. The molecule has 0 spiro atoms. The van der Waals surface area contributed by atoms with E-state index in [9.17, 15) is 9.59 Å².